The summed E-state index contributed by atoms with van der Waals surface area (Å²) in [6, 6.07) is 5.40. The molecular weight excluding hydrogens is 662 g/mol. The molecule has 2 N–H and O–H groups in total. The molecule has 7 nitrogen and oxygen atoms in total. The Morgan fingerprint density at radius 3 is 2.20 bits per heavy atom. The largest absolute Gasteiger partial charge is 0.481 e. The monoisotopic (exact) mass is 711 g/mol. The van der Waals surface area contributed by atoms with Gasteiger partial charge in [0.2, 0.25) is 5.91 Å². The minimum absolute atomic E-state index is 0.00227. The number of rotatable bonds is 11. The lowest BCUT2D eigenvalue weighted by atomic mass is 9.86. The smallest absolute Gasteiger partial charge is 0.416 e. The summed E-state index contributed by atoms with van der Waals surface area (Å²) in [7, 11) is 0. The number of alkyl halides is 3. The molecule has 2 heterocycles. The Morgan fingerprint density at radius 2 is 1.63 bits per heavy atom. The second-order valence-corrected chi connectivity index (χ2v) is 15.1. The zero-order valence-electron chi connectivity index (χ0n) is 30.3. The Kier molecular flexibility index (Phi) is 11.5. The highest BCUT2D eigenvalue weighted by Crippen LogP contribution is 2.41. The van der Waals surface area contributed by atoms with Gasteiger partial charge in [0.05, 0.1) is 18.0 Å². The number of fused-ring (bicyclic) bond motifs is 1. The van der Waals surface area contributed by atoms with Crippen LogP contribution in [0.15, 0.2) is 41.3 Å². The number of carbonyl (C=O) groups is 2. The molecule has 0 radical (unpaired) electrons. The molecule has 1 amide bonds. The van der Waals surface area contributed by atoms with Gasteiger partial charge in [-0.2, -0.15) is 13.2 Å². The highest BCUT2D eigenvalue weighted by atomic mass is 19.4. The number of benzene rings is 2. The van der Waals surface area contributed by atoms with Crippen LogP contribution in [-0.2, 0) is 28.6 Å². The Morgan fingerprint density at radius 1 is 0.980 bits per heavy atom. The van der Waals surface area contributed by atoms with Crippen molar-refractivity contribution >= 4 is 11.9 Å². The summed E-state index contributed by atoms with van der Waals surface area (Å²) < 4.78 is 58.5. The summed E-state index contributed by atoms with van der Waals surface area (Å²) in [5, 5.41) is 12.9. The molecule has 1 aliphatic carbocycles. The zero-order valence-corrected chi connectivity index (χ0v) is 30.3. The molecule has 51 heavy (non-hydrogen) atoms. The van der Waals surface area contributed by atoms with Crippen molar-refractivity contribution in [3.05, 3.63) is 91.6 Å². The first-order chi connectivity index (χ1) is 23.9. The van der Waals surface area contributed by atoms with Gasteiger partial charge in [0.25, 0.3) is 5.56 Å². The number of carboxylic acids is 1. The molecule has 0 bridgehead atoms. The molecule has 2 aromatic carbocycles. The molecule has 0 spiro atoms. The molecule has 1 aliphatic heterocycles. The van der Waals surface area contributed by atoms with Crippen LogP contribution in [0.25, 0.3) is 11.1 Å². The number of nitrogens with zero attached hydrogens (tertiary/aromatic N) is 2. The topological polar surface area (TPSA) is 91.6 Å². The average Bonchev–Trinajstić information content (AvgIpc) is 3.51. The Hall–Kier alpha value is -3.99. The normalized spacial score (nSPS) is 16.8. The van der Waals surface area contributed by atoms with E-state index in [-0.39, 0.29) is 29.8 Å². The Balaban J connectivity index is 1.56. The fraction of sp³-hybridized carbons (Fsp3) is 0.525. The molecule has 2 aliphatic rings. The number of carbonyl (C=O) groups excluding carboxylic acids is 1. The van der Waals surface area contributed by atoms with E-state index in [1.165, 1.54) is 18.3 Å². The van der Waals surface area contributed by atoms with E-state index < -0.39 is 53.6 Å². The van der Waals surface area contributed by atoms with Crippen molar-refractivity contribution in [3.63, 3.8) is 0 Å². The molecule has 1 fully saturated rings. The molecule has 276 valence electrons. The molecule has 2 atom stereocenters. The predicted octanol–water partition coefficient (Wildman–Crippen LogP) is 8.29. The number of likely N-dealkylation sites (tertiary alicyclic amines) is 1. The van der Waals surface area contributed by atoms with Crippen LogP contribution in [0, 0.1) is 25.6 Å². The van der Waals surface area contributed by atoms with Crippen molar-refractivity contribution in [2.45, 2.75) is 117 Å². The molecule has 3 aromatic rings. The lowest BCUT2D eigenvalue weighted by molar-refractivity contribution is -0.139. The number of hydrogen-bond donors (Lipinski definition) is 2. The van der Waals surface area contributed by atoms with Crippen molar-refractivity contribution in [1.82, 2.24) is 14.8 Å². The molecule has 1 aromatic heterocycles. The number of carboxylic acid groups (broad SMARTS) is 1. The van der Waals surface area contributed by atoms with Crippen molar-refractivity contribution in [1.29, 1.82) is 0 Å². The zero-order chi connectivity index (χ0) is 37.4. The first-order valence-corrected chi connectivity index (χ1v) is 18.0. The van der Waals surface area contributed by atoms with E-state index in [0.717, 1.165) is 57.2 Å². The van der Waals surface area contributed by atoms with Crippen molar-refractivity contribution < 1.29 is 32.3 Å². The number of nitrogens with one attached hydrogen (secondary N) is 1. The number of aliphatic carboxylic acids is 1. The van der Waals surface area contributed by atoms with E-state index in [0.29, 0.717) is 37.6 Å². The van der Waals surface area contributed by atoms with E-state index in [1.54, 1.807) is 0 Å². The standard InChI is InChI=1S/C40H49F4N3O4/c1-22(2)14-35(47-21-32(33(19-36(47)48)40(42,43)44)26-10-12-46(13-11-26)23(3)4)39(51)45-34(20-37(49)50)28-17-27-8-7-9-30(27)31(18-28)38-24(5)15-29(41)16-25(38)6/h15-19,21-23,26,34-35H,7-14,20H2,1-6H3,(H,45,51)(H,49,50)/t34-,35-/m1/s1. The van der Waals surface area contributed by atoms with Crippen LogP contribution in [0.4, 0.5) is 17.6 Å². The van der Waals surface area contributed by atoms with Gasteiger partial charge in [-0.05, 0) is 154 Å². The minimum atomic E-state index is -4.75. The fourth-order valence-corrected chi connectivity index (χ4v) is 8.08. The number of aryl methyl sites for hydroxylation is 3. The number of pyridine rings is 1. The van der Waals surface area contributed by atoms with E-state index in [4.69, 9.17) is 0 Å². The minimum Gasteiger partial charge on any atom is -0.481 e. The van der Waals surface area contributed by atoms with Crippen molar-refractivity contribution in [2.24, 2.45) is 5.92 Å². The summed E-state index contributed by atoms with van der Waals surface area (Å²) in [6.07, 6.45) is -0.406. The van der Waals surface area contributed by atoms with Gasteiger partial charge in [0.15, 0.2) is 0 Å². The number of hydrogen-bond acceptors (Lipinski definition) is 4. The number of halogens is 4. The average molecular weight is 712 g/mol. The van der Waals surface area contributed by atoms with Crippen LogP contribution >= 0.6 is 0 Å². The molecule has 0 saturated carbocycles. The third kappa shape index (κ3) is 8.56. The first kappa shape index (κ1) is 38.2. The number of aromatic nitrogens is 1. The molecule has 1 saturated heterocycles. The second kappa shape index (κ2) is 15.3. The fourth-order valence-electron chi connectivity index (χ4n) is 8.08. The summed E-state index contributed by atoms with van der Waals surface area (Å²) in [5.41, 5.74) is 3.98. The van der Waals surface area contributed by atoms with Gasteiger partial charge in [-0.15, -0.1) is 0 Å². The predicted molar refractivity (Wildman–Crippen MR) is 189 cm³/mol. The van der Waals surface area contributed by atoms with Gasteiger partial charge in [0.1, 0.15) is 11.9 Å². The van der Waals surface area contributed by atoms with Crippen LogP contribution in [0.3, 0.4) is 0 Å². The maximum Gasteiger partial charge on any atom is 0.416 e. The number of amides is 1. The third-order valence-corrected chi connectivity index (χ3v) is 10.6. The van der Waals surface area contributed by atoms with Crippen molar-refractivity contribution in [2.75, 3.05) is 13.1 Å². The summed E-state index contributed by atoms with van der Waals surface area (Å²) >= 11 is 0. The van der Waals surface area contributed by atoms with Gasteiger partial charge in [0, 0.05) is 18.3 Å². The van der Waals surface area contributed by atoms with E-state index in [2.05, 4.69) is 10.2 Å². The summed E-state index contributed by atoms with van der Waals surface area (Å²) in [5.74, 6) is -2.72. The Labute approximate surface area is 297 Å². The molecule has 0 unspecified atom stereocenters. The van der Waals surface area contributed by atoms with Gasteiger partial charge in [-0.3, -0.25) is 14.4 Å². The molecule has 5 rings (SSSR count). The number of piperidine rings is 1. The van der Waals surface area contributed by atoms with Crippen molar-refractivity contribution in [3.8, 4) is 11.1 Å². The van der Waals surface area contributed by atoms with E-state index in [1.807, 2.05) is 53.7 Å². The van der Waals surface area contributed by atoms with E-state index in [9.17, 15) is 37.1 Å². The second-order valence-electron chi connectivity index (χ2n) is 15.1. The van der Waals surface area contributed by atoms with Gasteiger partial charge in [-0.1, -0.05) is 19.9 Å². The summed E-state index contributed by atoms with van der Waals surface area (Å²) in [6.45, 7) is 12.7. The summed E-state index contributed by atoms with van der Waals surface area (Å²) in [4.78, 5) is 42.2. The van der Waals surface area contributed by atoms with Crippen LogP contribution < -0.4 is 10.9 Å². The van der Waals surface area contributed by atoms with Crippen LogP contribution in [0.2, 0.25) is 0 Å². The van der Waals surface area contributed by atoms with Gasteiger partial charge >= 0.3 is 12.1 Å². The SMILES string of the molecule is Cc1cc(F)cc(C)c1-c1cc([C@@H](CC(=O)O)NC(=O)[C@@H](CC(C)C)n2cc(C3CCN(C(C)C)CC3)c(C(F)(F)F)cc2=O)cc2c1CCC2. The quantitative estimate of drug-likeness (QED) is 0.196. The molecular formula is C40H49F4N3O4. The van der Waals surface area contributed by atoms with Crippen LogP contribution in [-0.4, -0.2) is 45.6 Å². The maximum atomic E-state index is 14.4. The van der Waals surface area contributed by atoms with Gasteiger partial charge in [-0.25, -0.2) is 4.39 Å². The lowest BCUT2D eigenvalue weighted by Crippen LogP contribution is -2.41. The molecule has 11 heteroatoms. The van der Waals surface area contributed by atoms with Crippen LogP contribution in [0.1, 0.15) is 117 Å². The third-order valence-electron chi connectivity index (χ3n) is 10.6. The highest BCUT2D eigenvalue weighted by Gasteiger charge is 2.39. The highest BCUT2D eigenvalue weighted by molar-refractivity contribution is 5.82. The van der Waals surface area contributed by atoms with Gasteiger partial charge < -0.3 is 19.9 Å². The Bertz CT molecular complexity index is 1820. The maximum absolute atomic E-state index is 14.4. The van der Waals surface area contributed by atoms with E-state index >= 15 is 0 Å². The van der Waals surface area contributed by atoms with Crippen LogP contribution in [0.5, 0.6) is 0 Å². The lowest BCUT2D eigenvalue weighted by Gasteiger charge is -2.36. The first-order valence-electron chi connectivity index (χ1n) is 18.0.